The predicted molar refractivity (Wildman–Crippen MR) is 114 cm³/mol. The summed E-state index contributed by atoms with van der Waals surface area (Å²) in [5.41, 5.74) is 0. The van der Waals surface area contributed by atoms with E-state index < -0.39 is 0 Å². The molecule has 3 aliphatic rings. The van der Waals surface area contributed by atoms with Gasteiger partial charge in [-0.25, -0.2) is 9.37 Å². The van der Waals surface area contributed by atoms with E-state index in [1.54, 1.807) is 12.3 Å². The van der Waals surface area contributed by atoms with Crippen LogP contribution in [0.2, 0.25) is 0 Å². The molecule has 1 aromatic heterocycles. The molecule has 1 aliphatic heterocycles. The zero-order valence-electron chi connectivity index (χ0n) is 15.3. The fourth-order valence-corrected chi connectivity index (χ4v) is 4.05. The third-order valence-electron chi connectivity index (χ3n) is 5.75. The van der Waals surface area contributed by atoms with Gasteiger partial charge in [0.05, 0.1) is 0 Å². The molecule has 2 saturated carbocycles. The van der Waals surface area contributed by atoms with E-state index in [-0.39, 0.29) is 35.8 Å². The summed E-state index contributed by atoms with van der Waals surface area (Å²) in [6.07, 6.45) is 8.23. The average Bonchev–Trinajstić information content (AvgIpc) is 3.55. The number of anilines is 1. The van der Waals surface area contributed by atoms with Crippen molar-refractivity contribution in [2.45, 2.75) is 38.1 Å². The molecule has 1 unspecified atom stereocenters. The van der Waals surface area contributed by atoms with Crippen molar-refractivity contribution < 1.29 is 4.39 Å². The van der Waals surface area contributed by atoms with Crippen LogP contribution in [0.4, 0.5) is 10.2 Å². The highest BCUT2D eigenvalue weighted by molar-refractivity contribution is 14.0. The zero-order valence-corrected chi connectivity index (χ0v) is 17.7. The molecule has 1 aromatic rings. The van der Waals surface area contributed by atoms with Crippen molar-refractivity contribution in [2.24, 2.45) is 22.7 Å². The van der Waals surface area contributed by atoms with Crippen LogP contribution >= 0.6 is 24.0 Å². The summed E-state index contributed by atoms with van der Waals surface area (Å²) >= 11 is 0. The third-order valence-corrected chi connectivity index (χ3v) is 5.75. The minimum atomic E-state index is -0.248. The standard InChI is InChI=1S/C19H28FN5.HI/c1-21-19(23-11-16(13-4-5-13)14-6-7-14)24-15-8-10-25(12-15)18-17(20)3-2-9-22-18;/h2-3,9,13-16H,4-8,10-12H2,1H3,(H2,21,23,24);1H. The van der Waals surface area contributed by atoms with Crippen molar-refractivity contribution in [1.82, 2.24) is 15.6 Å². The first-order valence-electron chi connectivity index (χ1n) is 9.57. The quantitative estimate of drug-likeness (QED) is 0.379. The highest BCUT2D eigenvalue weighted by Gasteiger charge is 2.41. The van der Waals surface area contributed by atoms with Crippen LogP contribution in [0.1, 0.15) is 32.1 Å². The van der Waals surface area contributed by atoms with Gasteiger partial charge in [0.15, 0.2) is 17.6 Å². The normalized spacial score (nSPS) is 23.1. The molecule has 0 bridgehead atoms. The lowest BCUT2D eigenvalue weighted by Crippen LogP contribution is -2.46. The molecular formula is C19H29FIN5. The smallest absolute Gasteiger partial charge is 0.191 e. The van der Waals surface area contributed by atoms with E-state index in [2.05, 4.69) is 20.6 Å². The van der Waals surface area contributed by atoms with Crippen LogP contribution in [0.3, 0.4) is 0 Å². The van der Waals surface area contributed by atoms with E-state index in [9.17, 15) is 4.39 Å². The Balaban J connectivity index is 0.00000196. The number of hydrogen-bond acceptors (Lipinski definition) is 3. The van der Waals surface area contributed by atoms with Crippen LogP contribution in [-0.2, 0) is 0 Å². The summed E-state index contributed by atoms with van der Waals surface area (Å²) in [6.45, 7) is 2.60. The summed E-state index contributed by atoms with van der Waals surface area (Å²) in [4.78, 5) is 10.6. The van der Waals surface area contributed by atoms with E-state index in [0.29, 0.717) is 5.82 Å². The molecule has 5 nitrogen and oxygen atoms in total. The summed E-state index contributed by atoms with van der Waals surface area (Å²) < 4.78 is 13.9. The lowest BCUT2D eigenvalue weighted by molar-refractivity contribution is 0.399. The number of aliphatic imine (C=N–C) groups is 1. The van der Waals surface area contributed by atoms with Crippen molar-refractivity contribution >= 4 is 35.8 Å². The topological polar surface area (TPSA) is 52.6 Å². The Kier molecular flexibility index (Phi) is 6.58. The van der Waals surface area contributed by atoms with Gasteiger partial charge in [0.2, 0.25) is 0 Å². The number of nitrogens with one attached hydrogen (secondary N) is 2. The summed E-state index contributed by atoms with van der Waals surface area (Å²) in [7, 11) is 1.82. The molecule has 144 valence electrons. The second-order valence-electron chi connectivity index (χ2n) is 7.68. The van der Waals surface area contributed by atoms with Gasteiger partial charge in [0.25, 0.3) is 0 Å². The maximum Gasteiger partial charge on any atom is 0.191 e. The Morgan fingerprint density at radius 1 is 1.31 bits per heavy atom. The van der Waals surface area contributed by atoms with Crippen LogP contribution < -0.4 is 15.5 Å². The molecule has 1 saturated heterocycles. The zero-order chi connectivity index (χ0) is 17.2. The SMILES string of the molecule is CN=C(NCC(C1CC1)C1CC1)NC1CCN(c2ncccc2F)C1.I. The molecule has 3 fully saturated rings. The van der Waals surface area contributed by atoms with Crippen molar-refractivity contribution in [3.05, 3.63) is 24.1 Å². The summed E-state index contributed by atoms with van der Waals surface area (Å²) in [5, 5.41) is 7.04. The molecule has 0 aromatic carbocycles. The van der Waals surface area contributed by atoms with Gasteiger partial charge in [0.1, 0.15) is 0 Å². The van der Waals surface area contributed by atoms with Gasteiger partial charge < -0.3 is 15.5 Å². The fraction of sp³-hybridized carbons (Fsp3) is 0.684. The lowest BCUT2D eigenvalue weighted by Gasteiger charge is -2.22. The molecule has 2 N–H and O–H groups in total. The summed E-state index contributed by atoms with van der Waals surface area (Å²) in [5.74, 6) is 3.78. The highest BCUT2D eigenvalue weighted by Crippen LogP contribution is 2.48. The highest BCUT2D eigenvalue weighted by atomic mass is 127. The first-order valence-corrected chi connectivity index (χ1v) is 9.57. The summed E-state index contributed by atoms with van der Waals surface area (Å²) in [6, 6.07) is 3.37. The molecular weight excluding hydrogens is 444 g/mol. The number of guanidine groups is 1. The minimum Gasteiger partial charge on any atom is -0.356 e. The molecule has 0 radical (unpaired) electrons. The molecule has 0 spiro atoms. The lowest BCUT2D eigenvalue weighted by atomic mass is 9.98. The number of nitrogens with zero attached hydrogens (tertiary/aromatic N) is 3. The van der Waals surface area contributed by atoms with Crippen LogP contribution in [-0.4, -0.2) is 43.7 Å². The van der Waals surface area contributed by atoms with Crippen molar-refractivity contribution in [1.29, 1.82) is 0 Å². The van der Waals surface area contributed by atoms with Gasteiger partial charge in [0, 0.05) is 38.9 Å². The number of hydrogen-bond donors (Lipinski definition) is 2. The number of halogens is 2. The monoisotopic (exact) mass is 473 g/mol. The van der Waals surface area contributed by atoms with Crippen LogP contribution in [0, 0.1) is 23.6 Å². The van der Waals surface area contributed by atoms with Crippen molar-refractivity contribution in [3.8, 4) is 0 Å². The molecule has 26 heavy (non-hydrogen) atoms. The van der Waals surface area contributed by atoms with Crippen LogP contribution in [0.25, 0.3) is 0 Å². The third kappa shape index (κ3) is 4.78. The Labute approximate surface area is 172 Å². The maximum atomic E-state index is 13.9. The second-order valence-corrected chi connectivity index (χ2v) is 7.68. The van der Waals surface area contributed by atoms with Gasteiger partial charge >= 0.3 is 0 Å². The van der Waals surface area contributed by atoms with Gasteiger partial charge in [-0.3, -0.25) is 4.99 Å². The molecule has 2 heterocycles. The largest absolute Gasteiger partial charge is 0.356 e. The minimum absolute atomic E-state index is 0. The number of aromatic nitrogens is 1. The molecule has 1 atom stereocenters. The van der Waals surface area contributed by atoms with Gasteiger partial charge in [-0.1, -0.05) is 0 Å². The molecule has 4 rings (SSSR count). The Morgan fingerprint density at radius 3 is 2.65 bits per heavy atom. The molecule has 7 heteroatoms. The van der Waals surface area contributed by atoms with Gasteiger partial charge in [-0.15, -0.1) is 24.0 Å². The van der Waals surface area contributed by atoms with Crippen molar-refractivity contribution in [3.63, 3.8) is 0 Å². The van der Waals surface area contributed by atoms with Gasteiger partial charge in [-0.2, -0.15) is 0 Å². The number of rotatable bonds is 6. The second kappa shape index (κ2) is 8.71. The molecule has 0 amide bonds. The Bertz CT molecular complexity index is 620. The van der Waals surface area contributed by atoms with E-state index in [4.69, 9.17) is 0 Å². The van der Waals surface area contributed by atoms with Crippen LogP contribution in [0.5, 0.6) is 0 Å². The van der Waals surface area contributed by atoms with Crippen LogP contribution in [0.15, 0.2) is 23.3 Å². The maximum absolute atomic E-state index is 13.9. The predicted octanol–water partition coefficient (Wildman–Crippen LogP) is 3.02. The first kappa shape index (κ1) is 19.6. The average molecular weight is 473 g/mol. The number of pyridine rings is 1. The van der Waals surface area contributed by atoms with E-state index >= 15 is 0 Å². The van der Waals surface area contributed by atoms with Crippen molar-refractivity contribution in [2.75, 3.05) is 31.6 Å². The fourth-order valence-electron chi connectivity index (χ4n) is 4.05. The van der Waals surface area contributed by atoms with Gasteiger partial charge in [-0.05, 0) is 62.0 Å². The van der Waals surface area contributed by atoms with E-state index in [1.807, 2.05) is 11.9 Å². The first-order chi connectivity index (χ1) is 12.2. The Morgan fingerprint density at radius 2 is 2.04 bits per heavy atom. The van der Waals surface area contributed by atoms with E-state index in [0.717, 1.165) is 49.8 Å². The van der Waals surface area contributed by atoms with E-state index in [1.165, 1.54) is 31.7 Å². The Hall–Kier alpha value is -1.12. The molecule has 2 aliphatic carbocycles.